The first-order chi connectivity index (χ1) is 12.5. The summed E-state index contributed by atoms with van der Waals surface area (Å²) < 4.78 is 26.5. The Kier molecular flexibility index (Phi) is 5.17. The quantitative estimate of drug-likeness (QED) is 0.716. The molecule has 2 aromatic carbocycles. The van der Waals surface area contributed by atoms with E-state index in [0.717, 1.165) is 24.2 Å². The topological polar surface area (TPSA) is 66.9 Å². The molecule has 1 amide bonds. The highest BCUT2D eigenvalue weighted by Crippen LogP contribution is 2.17. The van der Waals surface area contributed by atoms with Gasteiger partial charge in [0.25, 0.3) is 5.91 Å². The van der Waals surface area contributed by atoms with Crippen LogP contribution in [0.1, 0.15) is 23.0 Å². The summed E-state index contributed by atoms with van der Waals surface area (Å²) in [7, 11) is 0. The predicted molar refractivity (Wildman–Crippen MR) is 95.4 cm³/mol. The van der Waals surface area contributed by atoms with Gasteiger partial charge in [-0.15, -0.1) is 0 Å². The van der Waals surface area contributed by atoms with E-state index in [1.54, 1.807) is 0 Å². The van der Waals surface area contributed by atoms with Crippen LogP contribution >= 0.6 is 0 Å². The van der Waals surface area contributed by atoms with Gasteiger partial charge in [-0.05, 0) is 36.2 Å². The van der Waals surface area contributed by atoms with Crippen LogP contribution in [0.25, 0.3) is 0 Å². The van der Waals surface area contributed by atoms with Crippen LogP contribution in [0, 0.1) is 11.6 Å². The molecule has 3 aromatic rings. The maximum atomic E-state index is 13.6. The highest BCUT2D eigenvalue weighted by molar-refractivity contribution is 6.02. The SMILES string of the molecule is CCc1ccc(Nc2cnc(C(=O)Nc3ccc(F)cc3F)cn2)cc1. The van der Waals surface area contributed by atoms with Crippen molar-refractivity contribution in [3.63, 3.8) is 0 Å². The number of hydrogen-bond acceptors (Lipinski definition) is 4. The van der Waals surface area contributed by atoms with Crippen molar-refractivity contribution in [2.75, 3.05) is 10.6 Å². The number of anilines is 3. The molecule has 1 aromatic heterocycles. The fraction of sp³-hybridized carbons (Fsp3) is 0.105. The maximum absolute atomic E-state index is 13.6. The second-order valence-electron chi connectivity index (χ2n) is 5.54. The van der Waals surface area contributed by atoms with Crippen molar-refractivity contribution in [3.8, 4) is 0 Å². The minimum absolute atomic E-state index is 0.0144. The molecule has 0 spiro atoms. The Morgan fingerprint density at radius 1 is 1.04 bits per heavy atom. The summed E-state index contributed by atoms with van der Waals surface area (Å²) >= 11 is 0. The number of carbonyl (C=O) groups is 1. The number of aryl methyl sites for hydroxylation is 1. The van der Waals surface area contributed by atoms with Gasteiger partial charge in [0, 0.05) is 11.8 Å². The van der Waals surface area contributed by atoms with Crippen LogP contribution < -0.4 is 10.6 Å². The number of rotatable bonds is 5. The standard InChI is InChI=1S/C19H16F2N4O/c1-2-12-3-6-14(7-4-12)24-18-11-22-17(10-23-18)19(26)25-16-8-5-13(20)9-15(16)21/h3-11H,2H2,1H3,(H,23,24)(H,25,26). The van der Waals surface area contributed by atoms with Crippen molar-refractivity contribution >= 4 is 23.1 Å². The van der Waals surface area contributed by atoms with E-state index in [1.165, 1.54) is 18.0 Å². The number of carbonyl (C=O) groups excluding carboxylic acids is 1. The van der Waals surface area contributed by atoms with E-state index < -0.39 is 17.5 Å². The molecule has 2 N–H and O–H groups in total. The van der Waals surface area contributed by atoms with Crippen molar-refractivity contribution in [2.24, 2.45) is 0 Å². The lowest BCUT2D eigenvalue weighted by molar-refractivity contribution is 0.102. The molecule has 0 saturated heterocycles. The van der Waals surface area contributed by atoms with Crippen LogP contribution in [-0.2, 0) is 6.42 Å². The van der Waals surface area contributed by atoms with Crippen LogP contribution in [0.2, 0.25) is 0 Å². The Hall–Kier alpha value is -3.35. The van der Waals surface area contributed by atoms with E-state index in [1.807, 2.05) is 24.3 Å². The van der Waals surface area contributed by atoms with Crippen LogP contribution in [0.3, 0.4) is 0 Å². The highest BCUT2D eigenvalue weighted by Gasteiger charge is 2.12. The summed E-state index contributed by atoms with van der Waals surface area (Å²) in [6.07, 6.45) is 3.64. The van der Waals surface area contributed by atoms with Crippen molar-refractivity contribution in [1.82, 2.24) is 9.97 Å². The summed E-state index contributed by atoms with van der Waals surface area (Å²) in [5, 5.41) is 5.41. The molecule has 132 valence electrons. The molecule has 0 aliphatic rings. The predicted octanol–water partition coefficient (Wildman–Crippen LogP) is 4.31. The van der Waals surface area contributed by atoms with E-state index in [4.69, 9.17) is 0 Å². The molecule has 0 bridgehead atoms. The summed E-state index contributed by atoms with van der Waals surface area (Å²) in [4.78, 5) is 20.2. The van der Waals surface area contributed by atoms with E-state index in [2.05, 4.69) is 27.5 Å². The molecule has 7 heteroatoms. The molecule has 0 atom stereocenters. The number of nitrogens with one attached hydrogen (secondary N) is 2. The third-order valence-corrected chi connectivity index (χ3v) is 3.70. The molecular formula is C19H16F2N4O. The molecule has 0 fully saturated rings. The van der Waals surface area contributed by atoms with Gasteiger partial charge in [-0.1, -0.05) is 19.1 Å². The lowest BCUT2D eigenvalue weighted by atomic mass is 10.1. The Balaban J connectivity index is 1.67. The van der Waals surface area contributed by atoms with Gasteiger partial charge in [-0.3, -0.25) is 4.79 Å². The molecule has 0 radical (unpaired) electrons. The number of benzene rings is 2. The van der Waals surface area contributed by atoms with Crippen LogP contribution in [0.5, 0.6) is 0 Å². The molecule has 3 rings (SSSR count). The average Bonchev–Trinajstić information content (AvgIpc) is 2.65. The van der Waals surface area contributed by atoms with Gasteiger partial charge in [-0.2, -0.15) is 0 Å². The van der Waals surface area contributed by atoms with E-state index in [9.17, 15) is 13.6 Å². The average molecular weight is 354 g/mol. The highest BCUT2D eigenvalue weighted by atomic mass is 19.1. The second-order valence-corrected chi connectivity index (χ2v) is 5.54. The first-order valence-electron chi connectivity index (χ1n) is 7.99. The summed E-state index contributed by atoms with van der Waals surface area (Å²) in [6, 6.07) is 10.8. The van der Waals surface area contributed by atoms with Crippen molar-refractivity contribution < 1.29 is 13.6 Å². The second kappa shape index (κ2) is 7.69. The molecule has 1 heterocycles. The lowest BCUT2D eigenvalue weighted by Gasteiger charge is -2.08. The zero-order chi connectivity index (χ0) is 18.5. The first kappa shape index (κ1) is 17.5. The fourth-order valence-corrected chi connectivity index (χ4v) is 2.26. The molecule has 26 heavy (non-hydrogen) atoms. The zero-order valence-electron chi connectivity index (χ0n) is 14.0. The zero-order valence-corrected chi connectivity index (χ0v) is 14.0. The van der Waals surface area contributed by atoms with Gasteiger partial charge in [0.15, 0.2) is 0 Å². The monoisotopic (exact) mass is 354 g/mol. The number of hydrogen-bond donors (Lipinski definition) is 2. The van der Waals surface area contributed by atoms with E-state index >= 15 is 0 Å². The lowest BCUT2D eigenvalue weighted by Crippen LogP contribution is -2.15. The largest absolute Gasteiger partial charge is 0.339 e. The number of aromatic nitrogens is 2. The van der Waals surface area contributed by atoms with Gasteiger partial charge in [-0.25, -0.2) is 18.7 Å². The Bertz CT molecular complexity index is 912. The third-order valence-electron chi connectivity index (χ3n) is 3.70. The van der Waals surface area contributed by atoms with Gasteiger partial charge >= 0.3 is 0 Å². The van der Waals surface area contributed by atoms with Crippen LogP contribution in [0.4, 0.5) is 26.0 Å². The summed E-state index contributed by atoms with van der Waals surface area (Å²) in [5.41, 5.74) is 1.96. The third kappa shape index (κ3) is 4.18. The van der Waals surface area contributed by atoms with Crippen LogP contribution in [0.15, 0.2) is 54.9 Å². The minimum Gasteiger partial charge on any atom is -0.339 e. The number of nitrogens with zero attached hydrogens (tertiary/aromatic N) is 2. The van der Waals surface area contributed by atoms with Crippen molar-refractivity contribution in [3.05, 3.63) is 77.8 Å². The number of amides is 1. The summed E-state index contributed by atoms with van der Waals surface area (Å²) in [5.74, 6) is -1.75. The Labute approximate surface area is 149 Å². The van der Waals surface area contributed by atoms with Gasteiger partial charge < -0.3 is 10.6 Å². The van der Waals surface area contributed by atoms with Gasteiger partial charge in [0.2, 0.25) is 0 Å². The van der Waals surface area contributed by atoms with E-state index in [-0.39, 0.29) is 11.4 Å². The minimum atomic E-state index is -0.861. The molecule has 0 aliphatic heterocycles. The summed E-state index contributed by atoms with van der Waals surface area (Å²) in [6.45, 7) is 2.08. The normalized spacial score (nSPS) is 10.4. The fourth-order valence-electron chi connectivity index (χ4n) is 2.26. The van der Waals surface area contributed by atoms with Crippen molar-refractivity contribution in [1.29, 1.82) is 0 Å². The smallest absolute Gasteiger partial charge is 0.275 e. The van der Waals surface area contributed by atoms with Gasteiger partial charge in [0.05, 0.1) is 18.1 Å². The number of halogens is 2. The maximum Gasteiger partial charge on any atom is 0.275 e. The molecule has 0 aliphatic carbocycles. The molecule has 5 nitrogen and oxygen atoms in total. The Morgan fingerprint density at radius 2 is 1.81 bits per heavy atom. The van der Waals surface area contributed by atoms with Crippen molar-refractivity contribution in [2.45, 2.75) is 13.3 Å². The van der Waals surface area contributed by atoms with E-state index in [0.29, 0.717) is 11.9 Å². The molecular weight excluding hydrogens is 338 g/mol. The molecule has 0 saturated carbocycles. The van der Waals surface area contributed by atoms with Gasteiger partial charge in [0.1, 0.15) is 23.1 Å². The Morgan fingerprint density at radius 3 is 2.42 bits per heavy atom. The first-order valence-corrected chi connectivity index (χ1v) is 7.99. The van der Waals surface area contributed by atoms with Crippen LogP contribution in [-0.4, -0.2) is 15.9 Å². The molecule has 0 unspecified atom stereocenters.